The van der Waals surface area contributed by atoms with Gasteiger partial charge in [0, 0.05) is 11.5 Å². The molecule has 2 bridgehead atoms. The molecule has 2 nitrogen and oxygen atoms in total. The lowest BCUT2D eigenvalue weighted by molar-refractivity contribution is 0.0977. The SMILES string of the molecule is CC[C@@]12CC=CCC(Cc3ccc(OC)cc31)[C@@H]2N(C)C.Cl. The first-order valence-electron chi connectivity index (χ1n) is 8.11. The summed E-state index contributed by atoms with van der Waals surface area (Å²) in [7, 11) is 6.26. The van der Waals surface area contributed by atoms with Gasteiger partial charge in [-0.1, -0.05) is 25.1 Å². The number of rotatable bonds is 3. The summed E-state index contributed by atoms with van der Waals surface area (Å²) in [4.78, 5) is 2.46. The van der Waals surface area contributed by atoms with Gasteiger partial charge in [0.05, 0.1) is 7.11 Å². The number of methoxy groups -OCH3 is 1. The maximum Gasteiger partial charge on any atom is 0.119 e. The van der Waals surface area contributed by atoms with E-state index in [-0.39, 0.29) is 17.8 Å². The molecule has 1 aromatic carbocycles. The van der Waals surface area contributed by atoms with Crippen LogP contribution in [0.25, 0.3) is 0 Å². The average Bonchev–Trinajstić information content (AvgIpc) is 2.63. The van der Waals surface area contributed by atoms with Crippen molar-refractivity contribution in [3.05, 3.63) is 41.5 Å². The van der Waals surface area contributed by atoms with E-state index in [1.807, 2.05) is 0 Å². The second-order valence-electron chi connectivity index (χ2n) is 6.82. The third-order valence-electron chi connectivity index (χ3n) is 5.62. The van der Waals surface area contributed by atoms with Crippen molar-refractivity contribution in [2.24, 2.45) is 5.92 Å². The average molecular weight is 322 g/mol. The Labute approximate surface area is 141 Å². The van der Waals surface area contributed by atoms with Crippen molar-refractivity contribution in [1.82, 2.24) is 4.90 Å². The number of hydrogen-bond donors (Lipinski definition) is 0. The predicted octanol–water partition coefficient (Wildman–Crippen LogP) is 4.22. The topological polar surface area (TPSA) is 12.5 Å². The number of allylic oxidation sites excluding steroid dienone is 2. The molecule has 0 saturated carbocycles. The minimum atomic E-state index is 0. The lowest BCUT2D eigenvalue weighted by Crippen LogP contribution is -2.54. The zero-order chi connectivity index (χ0) is 15.0. The van der Waals surface area contributed by atoms with E-state index in [4.69, 9.17) is 4.74 Å². The van der Waals surface area contributed by atoms with Gasteiger partial charge in [-0.3, -0.25) is 0 Å². The van der Waals surface area contributed by atoms with Gasteiger partial charge in [-0.15, -0.1) is 12.4 Å². The fraction of sp³-hybridized carbons (Fsp3) is 0.579. The molecule has 2 aliphatic carbocycles. The van der Waals surface area contributed by atoms with Crippen molar-refractivity contribution >= 4 is 12.4 Å². The maximum atomic E-state index is 5.50. The van der Waals surface area contributed by atoms with Gasteiger partial charge in [0.25, 0.3) is 0 Å². The summed E-state index contributed by atoms with van der Waals surface area (Å²) in [6.07, 6.45) is 9.53. The van der Waals surface area contributed by atoms with Crippen LogP contribution in [-0.4, -0.2) is 32.1 Å². The second-order valence-corrected chi connectivity index (χ2v) is 6.82. The molecule has 3 rings (SSSR count). The van der Waals surface area contributed by atoms with Crippen molar-refractivity contribution < 1.29 is 4.74 Å². The van der Waals surface area contributed by atoms with Gasteiger partial charge in [-0.05, 0) is 69.0 Å². The maximum absolute atomic E-state index is 5.50. The molecule has 1 unspecified atom stereocenters. The molecule has 3 heteroatoms. The van der Waals surface area contributed by atoms with E-state index in [9.17, 15) is 0 Å². The third-order valence-corrected chi connectivity index (χ3v) is 5.62. The van der Waals surface area contributed by atoms with Gasteiger partial charge >= 0.3 is 0 Å². The minimum absolute atomic E-state index is 0. The lowest BCUT2D eigenvalue weighted by Gasteiger charge is -2.51. The van der Waals surface area contributed by atoms with Crippen LogP contribution >= 0.6 is 12.4 Å². The van der Waals surface area contributed by atoms with Gasteiger partial charge in [0.2, 0.25) is 0 Å². The molecule has 0 N–H and O–H groups in total. The highest BCUT2D eigenvalue weighted by atomic mass is 35.5. The zero-order valence-corrected chi connectivity index (χ0v) is 15.0. The Kier molecular flexibility index (Phi) is 5.24. The molecule has 122 valence electrons. The van der Waals surface area contributed by atoms with Crippen molar-refractivity contribution in [3.63, 3.8) is 0 Å². The molecular formula is C19H28ClNO. The van der Waals surface area contributed by atoms with Crippen molar-refractivity contribution in [2.45, 2.75) is 44.1 Å². The Bertz CT molecular complexity index is 554. The summed E-state index contributed by atoms with van der Waals surface area (Å²) in [5.41, 5.74) is 3.28. The van der Waals surface area contributed by atoms with Crippen LogP contribution in [0.2, 0.25) is 0 Å². The molecule has 2 aliphatic rings. The first kappa shape index (κ1) is 17.4. The molecule has 1 aromatic rings. The number of hydrogen-bond acceptors (Lipinski definition) is 2. The first-order valence-corrected chi connectivity index (χ1v) is 8.11. The van der Waals surface area contributed by atoms with Crippen molar-refractivity contribution in [3.8, 4) is 5.75 Å². The van der Waals surface area contributed by atoms with E-state index in [0.717, 1.165) is 18.1 Å². The van der Waals surface area contributed by atoms with E-state index in [2.05, 4.69) is 56.3 Å². The van der Waals surface area contributed by atoms with Crippen molar-refractivity contribution in [2.75, 3.05) is 21.2 Å². The fourth-order valence-corrected chi connectivity index (χ4v) is 4.80. The van der Waals surface area contributed by atoms with Crippen LogP contribution in [0, 0.1) is 5.92 Å². The number of halogens is 1. The minimum Gasteiger partial charge on any atom is -0.497 e. The molecule has 0 fully saturated rings. The smallest absolute Gasteiger partial charge is 0.119 e. The second kappa shape index (κ2) is 6.64. The zero-order valence-electron chi connectivity index (χ0n) is 14.1. The normalized spacial score (nSPS) is 29.5. The van der Waals surface area contributed by atoms with Gasteiger partial charge < -0.3 is 9.64 Å². The molecule has 0 saturated heterocycles. The van der Waals surface area contributed by atoms with E-state index in [0.29, 0.717) is 6.04 Å². The van der Waals surface area contributed by atoms with Gasteiger partial charge in [-0.2, -0.15) is 0 Å². The van der Waals surface area contributed by atoms with Gasteiger partial charge in [-0.25, -0.2) is 0 Å². The molecular weight excluding hydrogens is 294 g/mol. The van der Waals surface area contributed by atoms with Crippen LogP contribution in [0.3, 0.4) is 0 Å². The molecule has 0 heterocycles. The Hall–Kier alpha value is -0.990. The predicted molar refractivity (Wildman–Crippen MR) is 95.3 cm³/mol. The summed E-state index contributed by atoms with van der Waals surface area (Å²) >= 11 is 0. The van der Waals surface area contributed by atoms with Gasteiger partial charge in [0.15, 0.2) is 0 Å². The molecule has 0 spiro atoms. The number of nitrogens with zero attached hydrogens (tertiary/aromatic N) is 1. The van der Waals surface area contributed by atoms with E-state index < -0.39 is 0 Å². The van der Waals surface area contributed by atoms with Crippen LogP contribution < -0.4 is 4.74 Å². The number of likely N-dealkylation sites (N-methyl/N-ethyl adjacent to an activating group) is 1. The third kappa shape index (κ3) is 2.57. The van der Waals surface area contributed by atoms with Crippen LogP contribution in [0.5, 0.6) is 5.75 Å². The highest BCUT2D eigenvalue weighted by Gasteiger charge is 2.48. The summed E-state index contributed by atoms with van der Waals surface area (Å²) in [6.45, 7) is 2.35. The fourth-order valence-electron chi connectivity index (χ4n) is 4.80. The van der Waals surface area contributed by atoms with Crippen LogP contribution in [0.15, 0.2) is 30.4 Å². The molecule has 3 atom stereocenters. The van der Waals surface area contributed by atoms with E-state index >= 15 is 0 Å². The summed E-state index contributed by atoms with van der Waals surface area (Å²) in [5.74, 6) is 1.71. The molecule has 0 radical (unpaired) electrons. The first-order chi connectivity index (χ1) is 10.1. The molecule has 0 aromatic heterocycles. The van der Waals surface area contributed by atoms with Crippen LogP contribution in [-0.2, 0) is 11.8 Å². The molecule has 22 heavy (non-hydrogen) atoms. The summed E-state index contributed by atoms with van der Waals surface area (Å²) in [6, 6.07) is 7.32. The standard InChI is InChI=1S/C19H27NO.ClH/c1-5-19-11-7-6-8-15(18(19)20(2)3)12-14-9-10-16(21-4)13-17(14)19;/h6-7,9-10,13,15,18H,5,8,11-12H2,1-4H3;1H/t15?,18-,19+;/m0./s1. The molecule has 0 amide bonds. The monoisotopic (exact) mass is 321 g/mol. The van der Waals surface area contributed by atoms with Gasteiger partial charge in [0.1, 0.15) is 5.75 Å². The summed E-state index contributed by atoms with van der Waals surface area (Å²) in [5, 5.41) is 0. The lowest BCUT2D eigenvalue weighted by atomic mass is 9.60. The van der Waals surface area contributed by atoms with Crippen LogP contribution in [0.4, 0.5) is 0 Å². The highest BCUT2D eigenvalue weighted by molar-refractivity contribution is 5.85. The number of ether oxygens (including phenoxy) is 1. The largest absolute Gasteiger partial charge is 0.497 e. The number of fused-ring (bicyclic) bond motifs is 4. The number of benzene rings is 1. The quantitative estimate of drug-likeness (QED) is 0.773. The molecule has 0 aliphatic heterocycles. The van der Waals surface area contributed by atoms with E-state index in [1.165, 1.54) is 30.4 Å². The Morgan fingerprint density at radius 2 is 2.05 bits per heavy atom. The van der Waals surface area contributed by atoms with Crippen molar-refractivity contribution in [1.29, 1.82) is 0 Å². The van der Waals surface area contributed by atoms with Crippen LogP contribution in [0.1, 0.15) is 37.3 Å². The Morgan fingerprint density at radius 1 is 1.27 bits per heavy atom. The Morgan fingerprint density at radius 3 is 2.68 bits per heavy atom. The van der Waals surface area contributed by atoms with E-state index in [1.54, 1.807) is 7.11 Å². The Balaban J connectivity index is 0.00000176. The summed E-state index contributed by atoms with van der Waals surface area (Å²) < 4.78 is 5.50. The highest BCUT2D eigenvalue weighted by Crippen LogP contribution is 2.50.